The second-order valence-electron chi connectivity index (χ2n) is 3.30. The first kappa shape index (κ1) is 17.4. The lowest BCUT2D eigenvalue weighted by Gasteiger charge is -2.25. The van der Waals surface area contributed by atoms with Gasteiger partial charge in [0.2, 0.25) is 0 Å². The van der Waals surface area contributed by atoms with Crippen LogP contribution in [-0.4, -0.2) is 42.2 Å². The maximum atomic E-state index is 13.2. The Morgan fingerprint density at radius 2 is 1.89 bits per heavy atom. The molecule has 0 aliphatic rings. The van der Waals surface area contributed by atoms with Gasteiger partial charge < -0.3 is 21.9 Å². The fraction of sp³-hybridized carbons (Fsp3) is 0.500. The summed E-state index contributed by atoms with van der Waals surface area (Å²) in [5.41, 5.74) is 5.51. The number of alkyl halides is 3. The monoisotopic (exact) mass is 306 g/mol. The third-order valence-electron chi connectivity index (χ3n) is 1.99. The Kier molecular flexibility index (Phi) is 5.57. The van der Waals surface area contributed by atoms with Gasteiger partial charge in [-0.25, -0.2) is 0 Å². The normalized spacial score (nSPS) is 17.5. The van der Waals surface area contributed by atoms with E-state index in [1.807, 2.05) is 0 Å². The van der Waals surface area contributed by atoms with E-state index in [1.165, 1.54) is 7.05 Å². The van der Waals surface area contributed by atoms with Crippen molar-refractivity contribution in [2.45, 2.75) is 11.8 Å². The SMILES string of the molecule is CN/C(Cl)=C(/F)C(N)=NC[C@@](O)(C(N)=O)C(F)(F)F. The van der Waals surface area contributed by atoms with Gasteiger partial charge in [0, 0.05) is 7.05 Å². The van der Waals surface area contributed by atoms with Crippen LogP contribution < -0.4 is 16.8 Å². The molecule has 0 saturated carbocycles. The minimum atomic E-state index is -5.38. The van der Waals surface area contributed by atoms with Gasteiger partial charge in [-0.3, -0.25) is 9.79 Å². The van der Waals surface area contributed by atoms with Crippen LogP contribution in [0.3, 0.4) is 0 Å². The highest BCUT2D eigenvalue weighted by molar-refractivity contribution is 6.31. The van der Waals surface area contributed by atoms with Crippen molar-refractivity contribution in [2.24, 2.45) is 16.5 Å². The summed E-state index contributed by atoms with van der Waals surface area (Å²) < 4.78 is 50.5. The number of aliphatic imine (C=N–C) groups is 1. The molecular formula is C8H11ClF4N4O2. The van der Waals surface area contributed by atoms with E-state index >= 15 is 0 Å². The van der Waals surface area contributed by atoms with Gasteiger partial charge in [-0.2, -0.15) is 17.6 Å². The molecule has 0 aromatic heterocycles. The summed E-state index contributed by atoms with van der Waals surface area (Å²) in [5.74, 6) is -4.44. The number of nitrogens with zero attached hydrogens (tertiary/aromatic N) is 1. The van der Waals surface area contributed by atoms with Crippen molar-refractivity contribution in [3.8, 4) is 0 Å². The molecule has 0 bridgehead atoms. The van der Waals surface area contributed by atoms with Crippen LogP contribution in [0.5, 0.6) is 0 Å². The molecule has 110 valence electrons. The number of aliphatic hydroxyl groups is 1. The van der Waals surface area contributed by atoms with Crippen molar-refractivity contribution in [1.82, 2.24) is 5.32 Å². The van der Waals surface area contributed by atoms with E-state index in [-0.39, 0.29) is 0 Å². The minimum absolute atomic E-state index is 0.601. The summed E-state index contributed by atoms with van der Waals surface area (Å²) >= 11 is 5.27. The molecule has 0 saturated heterocycles. The highest BCUT2D eigenvalue weighted by Crippen LogP contribution is 2.30. The summed E-state index contributed by atoms with van der Waals surface area (Å²) in [5, 5.41) is 10.6. The van der Waals surface area contributed by atoms with Gasteiger partial charge in [-0.15, -0.1) is 0 Å². The van der Waals surface area contributed by atoms with Crippen LogP contribution in [0.25, 0.3) is 0 Å². The van der Waals surface area contributed by atoms with Crippen LogP contribution in [0, 0.1) is 0 Å². The van der Waals surface area contributed by atoms with Crippen molar-refractivity contribution < 1.29 is 27.5 Å². The van der Waals surface area contributed by atoms with E-state index in [4.69, 9.17) is 22.4 Å². The Hall–Kier alpha value is -1.55. The van der Waals surface area contributed by atoms with Crippen LogP contribution in [0.15, 0.2) is 16.0 Å². The van der Waals surface area contributed by atoms with E-state index in [1.54, 1.807) is 0 Å². The predicted octanol–water partition coefficient (Wildman–Crippen LogP) is -0.281. The van der Waals surface area contributed by atoms with Gasteiger partial charge in [-0.1, -0.05) is 11.6 Å². The van der Waals surface area contributed by atoms with E-state index in [0.717, 1.165) is 0 Å². The lowest BCUT2D eigenvalue weighted by atomic mass is 10.0. The van der Waals surface area contributed by atoms with E-state index < -0.39 is 41.0 Å². The first-order valence-electron chi connectivity index (χ1n) is 4.59. The highest BCUT2D eigenvalue weighted by Gasteiger charge is 2.58. The first-order chi connectivity index (χ1) is 8.47. The minimum Gasteiger partial charge on any atom is -0.381 e. The molecule has 1 amide bonds. The quantitative estimate of drug-likeness (QED) is 0.242. The zero-order valence-corrected chi connectivity index (χ0v) is 10.3. The number of nitrogens with one attached hydrogen (secondary N) is 1. The molecule has 0 aliphatic carbocycles. The molecule has 0 unspecified atom stereocenters. The molecule has 0 spiro atoms. The van der Waals surface area contributed by atoms with Crippen LogP contribution in [0.1, 0.15) is 0 Å². The predicted molar refractivity (Wildman–Crippen MR) is 59.7 cm³/mol. The fourth-order valence-corrected chi connectivity index (χ4v) is 0.895. The highest BCUT2D eigenvalue weighted by atomic mass is 35.5. The van der Waals surface area contributed by atoms with Crippen LogP contribution in [-0.2, 0) is 4.79 Å². The third kappa shape index (κ3) is 3.96. The summed E-state index contributed by atoms with van der Waals surface area (Å²) in [7, 11) is 1.23. The molecule has 0 aromatic carbocycles. The second kappa shape index (κ2) is 6.06. The van der Waals surface area contributed by atoms with Crippen LogP contribution in [0.2, 0.25) is 0 Å². The average molecular weight is 307 g/mol. The second-order valence-corrected chi connectivity index (χ2v) is 3.68. The fourth-order valence-electron chi connectivity index (χ4n) is 0.798. The third-order valence-corrected chi connectivity index (χ3v) is 2.35. The summed E-state index contributed by atoms with van der Waals surface area (Å²) in [6.07, 6.45) is -5.38. The number of amidine groups is 1. The number of hydrogen-bond donors (Lipinski definition) is 4. The number of hydrogen-bond acceptors (Lipinski definition) is 4. The summed E-state index contributed by atoms with van der Waals surface area (Å²) in [4.78, 5) is 13.6. The number of nitrogens with two attached hydrogens (primary N) is 2. The summed E-state index contributed by atoms with van der Waals surface area (Å²) in [6, 6.07) is 0. The molecule has 0 radical (unpaired) electrons. The van der Waals surface area contributed by atoms with Gasteiger partial charge in [0.25, 0.3) is 11.5 Å². The molecular weight excluding hydrogens is 296 g/mol. The molecule has 0 fully saturated rings. The van der Waals surface area contributed by atoms with Crippen molar-refractivity contribution in [1.29, 1.82) is 0 Å². The van der Waals surface area contributed by atoms with Crippen molar-refractivity contribution in [3.05, 3.63) is 11.0 Å². The molecule has 0 aromatic rings. The number of amides is 1. The van der Waals surface area contributed by atoms with E-state index in [9.17, 15) is 22.4 Å². The van der Waals surface area contributed by atoms with Crippen molar-refractivity contribution in [3.63, 3.8) is 0 Å². The number of carbonyl (C=O) groups is 1. The molecule has 6 nitrogen and oxygen atoms in total. The lowest BCUT2D eigenvalue weighted by molar-refractivity contribution is -0.246. The zero-order chi connectivity index (χ0) is 15.4. The molecule has 0 aliphatic heterocycles. The Morgan fingerprint density at radius 3 is 2.21 bits per heavy atom. The lowest BCUT2D eigenvalue weighted by Crippen LogP contribution is -2.57. The number of halogens is 5. The Morgan fingerprint density at radius 1 is 1.42 bits per heavy atom. The molecule has 0 rings (SSSR count). The molecule has 6 N–H and O–H groups in total. The van der Waals surface area contributed by atoms with Crippen molar-refractivity contribution in [2.75, 3.05) is 13.6 Å². The molecule has 0 heterocycles. The number of primary amides is 1. The van der Waals surface area contributed by atoms with E-state index in [2.05, 4.69) is 16.0 Å². The Bertz CT molecular complexity index is 423. The smallest absolute Gasteiger partial charge is 0.381 e. The van der Waals surface area contributed by atoms with Crippen molar-refractivity contribution >= 4 is 23.3 Å². The maximum Gasteiger partial charge on any atom is 0.428 e. The number of carbonyl (C=O) groups excluding carboxylic acids is 1. The van der Waals surface area contributed by atoms with E-state index in [0.29, 0.717) is 0 Å². The van der Waals surface area contributed by atoms with Gasteiger partial charge in [0.1, 0.15) is 5.16 Å². The molecule has 11 heteroatoms. The average Bonchev–Trinajstić information content (AvgIpc) is 2.31. The van der Waals surface area contributed by atoms with Gasteiger partial charge in [-0.05, 0) is 0 Å². The van der Waals surface area contributed by atoms with Crippen LogP contribution in [0.4, 0.5) is 17.6 Å². The summed E-state index contributed by atoms with van der Waals surface area (Å²) in [6.45, 7) is -1.58. The number of rotatable bonds is 5. The standard InChI is InChI=1S/C8H11ClF4N4O2/c1-16-4(9)3(10)5(14)17-2-7(19,6(15)18)8(11,12)13/h16,19H,2H2,1H3,(H2,14,17)(H2,15,18)/b4-3+/t7-/m1/s1. The maximum absolute atomic E-state index is 13.2. The topological polar surface area (TPSA) is 114 Å². The Labute approximate surface area is 110 Å². The molecule has 1 atom stereocenters. The largest absolute Gasteiger partial charge is 0.428 e. The molecule has 19 heavy (non-hydrogen) atoms. The zero-order valence-electron chi connectivity index (χ0n) is 9.55. The van der Waals surface area contributed by atoms with Gasteiger partial charge in [0.15, 0.2) is 11.7 Å². The first-order valence-corrected chi connectivity index (χ1v) is 4.97. The van der Waals surface area contributed by atoms with Gasteiger partial charge >= 0.3 is 6.18 Å². The Balaban J connectivity index is 5.29. The van der Waals surface area contributed by atoms with Crippen LogP contribution >= 0.6 is 11.6 Å². The van der Waals surface area contributed by atoms with Gasteiger partial charge in [0.05, 0.1) is 6.54 Å².